The van der Waals surface area contributed by atoms with E-state index in [4.69, 9.17) is 40.3 Å². The molecule has 47 heavy (non-hydrogen) atoms. The van der Waals surface area contributed by atoms with Gasteiger partial charge in [0.1, 0.15) is 23.2 Å². The highest BCUT2D eigenvalue weighted by atomic mass is 35.5. The lowest BCUT2D eigenvalue weighted by molar-refractivity contribution is -0.385. The highest BCUT2D eigenvalue weighted by Crippen LogP contribution is 2.40. The van der Waals surface area contributed by atoms with E-state index in [2.05, 4.69) is 19.6 Å². The lowest BCUT2D eigenvalue weighted by atomic mass is 9.94. The molecule has 0 aliphatic rings. The number of amides is 1. The fourth-order valence-electron chi connectivity index (χ4n) is 4.45. The van der Waals surface area contributed by atoms with Crippen molar-refractivity contribution < 1.29 is 43.0 Å². The van der Waals surface area contributed by atoms with Crippen molar-refractivity contribution in [2.45, 2.75) is 91.2 Å². The van der Waals surface area contributed by atoms with Gasteiger partial charge < -0.3 is 33.2 Å². The minimum absolute atomic E-state index is 0.0219. The van der Waals surface area contributed by atoms with Crippen molar-refractivity contribution in [3.8, 4) is 11.3 Å². The Hall–Kier alpha value is -3.53. The Morgan fingerprint density at radius 3 is 2.21 bits per heavy atom. The molecular formula is C31H47ClN4O10Si. The lowest BCUT2D eigenvalue weighted by Gasteiger charge is -2.28. The molecule has 0 aliphatic carbocycles. The molecule has 16 heteroatoms. The van der Waals surface area contributed by atoms with Gasteiger partial charge in [-0.2, -0.15) is 0 Å². The Balaban J connectivity index is 2.62. The van der Waals surface area contributed by atoms with Gasteiger partial charge in [-0.15, -0.1) is 0 Å². The number of benzene rings is 1. The third-order valence-corrected chi connectivity index (χ3v) is 9.11. The molecule has 1 amide bonds. The summed E-state index contributed by atoms with van der Waals surface area (Å²) in [4.78, 5) is 55.5. The molecule has 0 radical (unpaired) electrons. The molecule has 2 rings (SSSR count). The van der Waals surface area contributed by atoms with Crippen LogP contribution in [0.3, 0.4) is 0 Å². The van der Waals surface area contributed by atoms with Crippen LogP contribution in [0.2, 0.25) is 30.7 Å². The SMILES string of the molecule is COC(=O)C(C(=O)OC)c1cc(-c2c(COC[C@@H](C)N(C)C(=O)OC(C)(C)C)nc(C)n2COCC[Si](C)(C)C)cc(Cl)c1[N+](=O)[O-]. The van der Waals surface area contributed by atoms with Gasteiger partial charge in [0, 0.05) is 27.3 Å². The zero-order valence-electron chi connectivity index (χ0n) is 29.1. The number of nitro benzene ring substituents is 1. The van der Waals surface area contributed by atoms with E-state index < -0.39 is 48.2 Å². The van der Waals surface area contributed by atoms with Gasteiger partial charge in [0.25, 0.3) is 5.69 Å². The molecule has 0 saturated heterocycles. The van der Waals surface area contributed by atoms with Gasteiger partial charge in [-0.3, -0.25) is 19.7 Å². The van der Waals surface area contributed by atoms with Crippen LogP contribution >= 0.6 is 11.6 Å². The maximum absolute atomic E-state index is 12.7. The monoisotopic (exact) mass is 698 g/mol. The number of carbonyl (C=O) groups excluding carboxylic acids is 3. The molecule has 0 unspecified atom stereocenters. The summed E-state index contributed by atoms with van der Waals surface area (Å²) in [6.45, 7) is 16.3. The predicted octanol–water partition coefficient (Wildman–Crippen LogP) is 5.93. The summed E-state index contributed by atoms with van der Waals surface area (Å²) in [5.41, 5.74) is -0.390. The lowest BCUT2D eigenvalue weighted by Crippen LogP contribution is -2.41. The number of rotatable bonds is 15. The summed E-state index contributed by atoms with van der Waals surface area (Å²) >= 11 is 6.48. The van der Waals surface area contributed by atoms with Crippen LogP contribution in [0, 0.1) is 17.0 Å². The minimum Gasteiger partial charge on any atom is -0.468 e. The number of halogens is 1. The molecule has 1 aromatic carbocycles. The van der Waals surface area contributed by atoms with Gasteiger partial charge in [0.15, 0.2) is 5.92 Å². The summed E-state index contributed by atoms with van der Waals surface area (Å²) in [7, 11) is 2.34. The number of ether oxygens (including phenoxy) is 5. The number of hydrogen-bond acceptors (Lipinski definition) is 11. The summed E-state index contributed by atoms with van der Waals surface area (Å²) < 4.78 is 28.9. The molecule has 0 bridgehead atoms. The summed E-state index contributed by atoms with van der Waals surface area (Å²) in [6.07, 6.45) is -0.497. The van der Waals surface area contributed by atoms with Crippen molar-refractivity contribution in [3.63, 3.8) is 0 Å². The van der Waals surface area contributed by atoms with Crippen LogP contribution in [-0.4, -0.2) is 91.6 Å². The van der Waals surface area contributed by atoms with E-state index in [9.17, 15) is 24.5 Å². The van der Waals surface area contributed by atoms with Gasteiger partial charge in [-0.05, 0) is 52.8 Å². The first-order valence-electron chi connectivity index (χ1n) is 15.0. The molecule has 1 heterocycles. The zero-order chi connectivity index (χ0) is 35.9. The van der Waals surface area contributed by atoms with Crippen LogP contribution in [0.25, 0.3) is 11.3 Å². The first kappa shape index (κ1) is 39.6. The molecule has 2 aromatic rings. The molecule has 1 atom stereocenters. The minimum atomic E-state index is -1.78. The summed E-state index contributed by atoms with van der Waals surface area (Å²) in [5.74, 6) is -3.34. The van der Waals surface area contributed by atoms with Crippen molar-refractivity contribution in [2.24, 2.45) is 0 Å². The van der Waals surface area contributed by atoms with E-state index >= 15 is 0 Å². The topological polar surface area (TPSA) is 162 Å². The number of aromatic nitrogens is 2. The third-order valence-electron chi connectivity index (χ3n) is 7.12. The highest BCUT2D eigenvalue weighted by Gasteiger charge is 2.38. The van der Waals surface area contributed by atoms with E-state index in [1.807, 2.05) is 6.92 Å². The average molecular weight is 699 g/mol. The first-order chi connectivity index (χ1) is 21.7. The van der Waals surface area contributed by atoms with Crippen LogP contribution in [0.15, 0.2) is 12.1 Å². The van der Waals surface area contributed by atoms with E-state index in [-0.39, 0.29) is 36.6 Å². The maximum Gasteiger partial charge on any atom is 0.410 e. The van der Waals surface area contributed by atoms with Gasteiger partial charge in [-0.1, -0.05) is 31.2 Å². The second-order valence-corrected chi connectivity index (χ2v) is 19.3. The van der Waals surface area contributed by atoms with Crippen LogP contribution in [0.4, 0.5) is 10.5 Å². The highest BCUT2D eigenvalue weighted by molar-refractivity contribution is 6.76. The fourth-order valence-corrected chi connectivity index (χ4v) is 5.50. The number of aryl methyl sites for hydroxylation is 1. The first-order valence-corrected chi connectivity index (χ1v) is 19.1. The number of likely N-dealkylation sites (N-methyl/N-ethyl adjacent to an activating group) is 1. The molecule has 1 aromatic heterocycles. The molecule has 0 spiro atoms. The Morgan fingerprint density at radius 2 is 1.70 bits per heavy atom. The van der Waals surface area contributed by atoms with Crippen LogP contribution in [-0.2, 0) is 46.6 Å². The van der Waals surface area contributed by atoms with Crippen LogP contribution < -0.4 is 0 Å². The van der Waals surface area contributed by atoms with Crippen molar-refractivity contribution in [2.75, 3.05) is 34.5 Å². The van der Waals surface area contributed by atoms with Crippen LogP contribution in [0.1, 0.15) is 50.7 Å². The standard InChI is InChI=1S/C31H47ClN4O10Si/c1-19(34(6)30(39)46-31(3,4)5)16-45-17-24-26(35(20(2)33-24)18-44-12-13-47(9,10)11)21-14-22(27(36(40)41)23(32)15-21)25(28(37)42-7)29(38)43-8/h14-15,19,25H,12-13,16-18H2,1-11H3/t19-/m1/s1. The normalized spacial score (nSPS) is 12.5. The molecule has 0 saturated carbocycles. The van der Waals surface area contributed by atoms with Crippen molar-refractivity contribution in [1.29, 1.82) is 0 Å². The number of carbonyl (C=O) groups is 3. The van der Waals surface area contributed by atoms with E-state index in [1.165, 1.54) is 17.0 Å². The number of methoxy groups -OCH3 is 2. The second kappa shape index (κ2) is 16.5. The summed E-state index contributed by atoms with van der Waals surface area (Å²) in [6, 6.07) is 3.26. The van der Waals surface area contributed by atoms with Crippen molar-refractivity contribution in [3.05, 3.63) is 44.4 Å². The Kier molecular flexibility index (Phi) is 13.9. The smallest absolute Gasteiger partial charge is 0.410 e. The van der Waals surface area contributed by atoms with E-state index in [0.717, 1.165) is 20.3 Å². The molecule has 0 aliphatic heterocycles. The molecule has 14 nitrogen and oxygen atoms in total. The number of hydrogen-bond donors (Lipinski definition) is 0. The fraction of sp³-hybridized carbons (Fsp3) is 0.613. The Bertz CT molecular complexity index is 1440. The number of imidazole rings is 1. The van der Waals surface area contributed by atoms with Gasteiger partial charge in [0.2, 0.25) is 0 Å². The second-order valence-electron chi connectivity index (χ2n) is 13.3. The van der Waals surface area contributed by atoms with E-state index in [1.54, 1.807) is 39.3 Å². The van der Waals surface area contributed by atoms with Gasteiger partial charge >= 0.3 is 18.0 Å². The zero-order valence-corrected chi connectivity index (χ0v) is 30.9. The summed E-state index contributed by atoms with van der Waals surface area (Å²) in [5, 5.41) is 11.8. The number of esters is 2. The Labute approximate surface area is 281 Å². The molecule has 262 valence electrons. The average Bonchev–Trinajstić information content (AvgIpc) is 3.27. The third kappa shape index (κ3) is 11.0. The van der Waals surface area contributed by atoms with E-state index in [0.29, 0.717) is 29.4 Å². The molecule has 0 N–H and O–H groups in total. The molecular weight excluding hydrogens is 652 g/mol. The quantitative estimate of drug-likeness (QED) is 0.0412. The van der Waals surface area contributed by atoms with Crippen LogP contribution in [0.5, 0.6) is 0 Å². The van der Waals surface area contributed by atoms with Crippen molar-refractivity contribution >= 4 is 43.4 Å². The van der Waals surface area contributed by atoms with Gasteiger partial charge in [0.05, 0.1) is 55.3 Å². The molecule has 0 fully saturated rings. The number of nitro groups is 1. The largest absolute Gasteiger partial charge is 0.468 e. The Morgan fingerprint density at radius 1 is 1.11 bits per heavy atom. The number of nitrogens with zero attached hydrogens (tertiary/aromatic N) is 4. The maximum atomic E-state index is 12.7. The van der Waals surface area contributed by atoms with Crippen molar-refractivity contribution in [1.82, 2.24) is 14.5 Å². The predicted molar refractivity (Wildman–Crippen MR) is 178 cm³/mol. The van der Waals surface area contributed by atoms with Gasteiger partial charge in [-0.25, -0.2) is 9.78 Å².